The second kappa shape index (κ2) is 51.8. The van der Waals surface area contributed by atoms with Crippen molar-refractivity contribution in [2.75, 3.05) is 47.5 Å². The van der Waals surface area contributed by atoms with Crippen molar-refractivity contribution in [2.45, 2.75) is 193 Å². The third kappa shape index (κ3) is 53.1. The Bertz CT molecular complexity index is 1620. The van der Waals surface area contributed by atoms with E-state index in [1.807, 2.05) is 21.1 Å². The predicted octanol–water partition coefficient (Wildman–Crippen LogP) is 15.9. The van der Waals surface area contributed by atoms with Gasteiger partial charge in [-0.15, -0.1) is 0 Å². The molecule has 0 fully saturated rings. The highest BCUT2D eigenvalue weighted by molar-refractivity contribution is 5.71. The van der Waals surface area contributed by atoms with Gasteiger partial charge in [-0.2, -0.15) is 0 Å². The number of nitrogens with zero attached hydrogens (tertiary/aromatic N) is 1. The number of carbonyl (C=O) groups is 3. The van der Waals surface area contributed by atoms with Crippen LogP contribution in [0.2, 0.25) is 0 Å². The smallest absolute Gasteiger partial charge is 0.361 e. The number of aliphatic carboxylic acids is 1. The first kappa shape index (κ1) is 66.4. The van der Waals surface area contributed by atoms with E-state index < -0.39 is 24.3 Å². The molecule has 0 aliphatic carbocycles. The molecule has 0 aromatic rings. The topological polar surface area (TPSA) is 108 Å². The summed E-state index contributed by atoms with van der Waals surface area (Å²) < 4.78 is 22.8. The summed E-state index contributed by atoms with van der Waals surface area (Å²) in [6.07, 6.45) is 70.9. The van der Waals surface area contributed by atoms with E-state index in [0.717, 1.165) is 122 Å². The maximum Gasteiger partial charge on any atom is 0.361 e. The molecule has 9 heteroatoms. The molecular formula is C62H100NO8+. The molecule has 0 heterocycles. The summed E-state index contributed by atoms with van der Waals surface area (Å²) in [5.41, 5.74) is 0. The van der Waals surface area contributed by atoms with Gasteiger partial charge in [0.15, 0.2) is 6.10 Å². The van der Waals surface area contributed by atoms with Gasteiger partial charge in [0.25, 0.3) is 6.29 Å². The van der Waals surface area contributed by atoms with E-state index in [1.54, 1.807) is 0 Å². The summed E-state index contributed by atoms with van der Waals surface area (Å²) >= 11 is 0. The number of rotatable bonds is 48. The summed E-state index contributed by atoms with van der Waals surface area (Å²) in [6.45, 7) is 4.57. The van der Waals surface area contributed by atoms with E-state index in [9.17, 15) is 19.5 Å². The van der Waals surface area contributed by atoms with Crippen LogP contribution in [0.4, 0.5) is 0 Å². The highest BCUT2D eigenvalue weighted by Crippen LogP contribution is 2.13. The van der Waals surface area contributed by atoms with Crippen LogP contribution in [0, 0.1) is 0 Å². The van der Waals surface area contributed by atoms with Crippen LogP contribution in [0.1, 0.15) is 181 Å². The molecule has 9 nitrogen and oxygen atoms in total. The Balaban J connectivity index is 4.43. The van der Waals surface area contributed by atoms with Gasteiger partial charge in [-0.3, -0.25) is 9.59 Å². The Morgan fingerprint density at radius 3 is 1.14 bits per heavy atom. The van der Waals surface area contributed by atoms with Crippen molar-refractivity contribution in [3.63, 3.8) is 0 Å². The number of hydrogen-bond acceptors (Lipinski definition) is 7. The minimum Gasteiger partial charge on any atom is -0.477 e. The summed E-state index contributed by atoms with van der Waals surface area (Å²) in [4.78, 5) is 37.4. The quantitative estimate of drug-likeness (QED) is 0.0211. The fourth-order valence-corrected chi connectivity index (χ4v) is 6.75. The highest BCUT2D eigenvalue weighted by atomic mass is 16.7. The van der Waals surface area contributed by atoms with E-state index in [0.29, 0.717) is 17.4 Å². The molecular weight excluding hydrogens is 887 g/mol. The van der Waals surface area contributed by atoms with Crippen molar-refractivity contribution in [3.8, 4) is 0 Å². The van der Waals surface area contributed by atoms with Gasteiger partial charge in [0.2, 0.25) is 0 Å². The van der Waals surface area contributed by atoms with Crippen LogP contribution in [0.5, 0.6) is 0 Å². The predicted molar refractivity (Wildman–Crippen MR) is 299 cm³/mol. The number of unbranched alkanes of at least 4 members (excludes halogenated alkanes) is 11. The zero-order chi connectivity index (χ0) is 52.0. The number of carbonyl (C=O) groups excluding carboxylic acids is 2. The summed E-state index contributed by atoms with van der Waals surface area (Å²) in [6, 6.07) is 0. The van der Waals surface area contributed by atoms with E-state index in [4.69, 9.17) is 18.9 Å². The van der Waals surface area contributed by atoms with Gasteiger partial charge in [0.1, 0.15) is 13.2 Å². The molecule has 1 N–H and O–H groups in total. The minimum absolute atomic E-state index is 0.171. The van der Waals surface area contributed by atoms with Crippen molar-refractivity contribution < 1.29 is 42.9 Å². The van der Waals surface area contributed by atoms with Crippen molar-refractivity contribution >= 4 is 17.9 Å². The second-order valence-corrected chi connectivity index (χ2v) is 18.8. The van der Waals surface area contributed by atoms with Crippen molar-refractivity contribution in [2.24, 2.45) is 0 Å². The molecule has 0 rings (SSSR count). The second-order valence-electron chi connectivity index (χ2n) is 18.8. The Morgan fingerprint density at radius 1 is 0.423 bits per heavy atom. The molecule has 0 aliphatic heterocycles. The van der Waals surface area contributed by atoms with E-state index in [1.165, 1.54) is 25.7 Å². The first-order valence-corrected chi connectivity index (χ1v) is 27.3. The van der Waals surface area contributed by atoms with Gasteiger partial charge >= 0.3 is 17.9 Å². The van der Waals surface area contributed by atoms with E-state index in [2.05, 4.69) is 148 Å². The Morgan fingerprint density at radius 2 is 0.761 bits per heavy atom. The zero-order valence-electron chi connectivity index (χ0n) is 45.3. The van der Waals surface area contributed by atoms with Crippen LogP contribution in [0.15, 0.2) is 134 Å². The lowest BCUT2D eigenvalue weighted by Gasteiger charge is -2.25. The van der Waals surface area contributed by atoms with Crippen LogP contribution in [-0.2, 0) is 33.3 Å². The van der Waals surface area contributed by atoms with E-state index >= 15 is 0 Å². The van der Waals surface area contributed by atoms with Gasteiger partial charge in [0, 0.05) is 12.8 Å². The lowest BCUT2D eigenvalue weighted by Crippen LogP contribution is -2.40. The number of quaternary nitrogens is 1. The molecule has 0 amide bonds. The largest absolute Gasteiger partial charge is 0.477 e. The maximum absolute atomic E-state index is 12.9. The number of likely N-dealkylation sites (N-methyl/N-ethyl adjacent to an activating group) is 1. The van der Waals surface area contributed by atoms with Gasteiger partial charge in [-0.05, 0) is 109 Å². The fraction of sp³-hybridized carbons (Fsp3) is 0.597. The SMILES string of the molecule is CC/C=C\C/C=C\C/C=C\C/C=C\C/C=C\C/C=C\C/C=C\CCCCCC(=O)OC(COC(=O)CCCCCCCCCC/C=C\C/C=C\C/C=C\C/C=C\CC)COC(OCC[N+](C)(C)C)C(=O)O. The first-order valence-electron chi connectivity index (χ1n) is 27.3. The average molecular weight is 987 g/mol. The molecule has 2 unspecified atom stereocenters. The zero-order valence-corrected chi connectivity index (χ0v) is 45.3. The van der Waals surface area contributed by atoms with Crippen LogP contribution >= 0.6 is 0 Å². The number of esters is 2. The minimum atomic E-state index is -1.53. The molecule has 0 bridgehead atoms. The van der Waals surface area contributed by atoms with Crippen LogP contribution in [0.25, 0.3) is 0 Å². The summed E-state index contributed by atoms with van der Waals surface area (Å²) in [7, 11) is 5.94. The average Bonchev–Trinajstić information content (AvgIpc) is 3.34. The van der Waals surface area contributed by atoms with Gasteiger partial charge in [0.05, 0.1) is 34.4 Å². The third-order valence-electron chi connectivity index (χ3n) is 10.9. The highest BCUT2D eigenvalue weighted by Gasteiger charge is 2.25. The van der Waals surface area contributed by atoms with Crippen LogP contribution < -0.4 is 0 Å². The van der Waals surface area contributed by atoms with E-state index in [-0.39, 0.29) is 38.6 Å². The Kier molecular flexibility index (Phi) is 48.4. The fourth-order valence-electron chi connectivity index (χ4n) is 6.75. The van der Waals surface area contributed by atoms with Gasteiger partial charge in [-0.25, -0.2) is 4.79 Å². The first-order chi connectivity index (χ1) is 34.6. The molecule has 0 aromatic heterocycles. The lowest BCUT2D eigenvalue weighted by atomic mass is 10.1. The molecule has 0 saturated carbocycles. The molecule has 71 heavy (non-hydrogen) atoms. The summed E-state index contributed by atoms with van der Waals surface area (Å²) in [5.74, 6) is -2.08. The monoisotopic (exact) mass is 987 g/mol. The molecule has 400 valence electrons. The van der Waals surface area contributed by atoms with Gasteiger partial charge < -0.3 is 28.5 Å². The standard InChI is InChI=1S/C62H99NO8/c1-6-8-10-12-14-16-18-20-22-24-26-28-29-30-31-33-35-37-39-41-43-45-47-49-51-53-60(65)71-58(57-70-62(61(66)67)68-55-54-63(3,4)5)56-69-59(64)52-50-48-46-44-42-40-38-36-34-32-27-25-23-21-19-17-15-13-11-9-7-2/h8-11,14-17,20-23,26-28,30-32,35,37,41,43,58,62H,6-7,12-13,18-19,24-25,29,33-34,36,38-40,42,44-57H2,1-5H3/p+1/b10-8-,11-9-,16-14-,17-15-,22-20-,23-21-,28-26-,31-30-,32-27-,37-35-,43-41-. The molecule has 0 aliphatic rings. The molecule has 2 atom stereocenters. The number of allylic oxidation sites excluding steroid dienone is 22. The van der Waals surface area contributed by atoms with Crippen LogP contribution in [-0.4, -0.2) is 87.4 Å². The maximum atomic E-state index is 12.9. The van der Waals surface area contributed by atoms with Gasteiger partial charge in [-0.1, -0.05) is 192 Å². The van der Waals surface area contributed by atoms with Crippen molar-refractivity contribution in [1.82, 2.24) is 0 Å². The third-order valence-corrected chi connectivity index (χ3v) is 10.9. The summed E-state index contributed by atoms with van der Waals surface area (Å²) in [5, 5.41) is 9.69. The number of ether oxygens (including phenoxy) is 4. The Labute approximate surface area is 433 Å². The molecule has 0 spiro atoms. The van der Waals surface area contributed by atoms with Crippen molar-refractivity contribution in [3.05, 3.63) is 134 Å². The molecule has 0 saturated heterocycles. The number of hydrogen-bond donors (Lipinski definition) is 1. The number of carboxylic acid groups (broad SMARTS) is 1. The Hall–Kier alpha value is -4.57. The van der Waals surface area contributed by atoms with Crippen molar-refractivity contribution in [1.29, 1.82) is 0 Å². The van der Waals surface area contributed by atoms with Crippen LogP contribution in [0.3, 0.4) is 0 Å². The molecule has 0 radical (unpaired) electrons. The number of carboxylic acids is 1. The lowest BCUT2D eigenvalue weighted by molar-refractivity contribution is -0.870. The molecule has 0 aromatic carbocycles. The normalized spacial score (nSPS) is 13.9.